The van der Waals surface area contributed by atoms with Crippen LogP contribution in [0.3, 0.4) is 0 Å². The van der Waals surface area contributed by atoms with E-state index in [1.54, 1.807) is 31.5 Å². The molecule has 0 saturated carbocycles. The van der Waals surface area contributed by atoms with Gasteiger partial charge in [-0.2, -0.15) is 0 Å². The minimum atomic E-state index is -1.00. The van der Waals surface area contributed by atoms with Crippen LogP contribution in [0.4, 0.5) is 0 Å². The Morgan fingerprint density at radius 1 is 1.12 bits per heavy atom. The van der Waals surface area contributed by atoms with Gasteiger partial charge in [0.1, 0.15) is 5.75 Å². The molecule has 33 heavy (non-hydrogen) atoms. The van der Waals surface area contributed by atoms with E-state index < -0.39 is 17.9 Å². The van der Waals surface area contributed by atoms with Crippen molar-refractivity contribution in [2.24, 2.45) is 11.8 Å². The number of nitrogens with one attached hydrogen (secondary N) is 2. The molecule has 174 valence electrons. The standard InChI is InChI=1S/C25H29N3O5/c1-15(2)11-17(24(30)28-23(25(31)33-4)16-7-6-10-26-14-16)12-21(29)20-13-18-19(27-20)8-5-9-22(18)32-3/h5-10,13-15,17,23,27H,11-12H2,1-4H3,(H,28,30)/t17-,23?/m1/s1. The van der Waals surface area contributed by atoms with Crippen LogP contribution < -0.4 is 10.1 Å². The van der Waals surface area contributed by atoms with Crippen molar-refractivity contribution in [1.82, 2.24) is 15.3 Å². The van der Waals surface area contributed by atoms with Crippen molar-refractivity contribution < 1.29 is 23.9 Å². The zero-order valence-corrected chi connectivity index (χ0v) is 19.3. The van der Waals surface area contributed by atoms with Crippen LogP contribution in [0, 0.1) is 11.8 Å². The van der Waals surface area contributed by atoms with Gasteiger partial charge in [-0.15, -0.1) is 0 Å². The number of esters is 1. The molecule has 0 spiro atoms. The van der Waals surface area contributed by atoms with E-state index >= 15 is 0 Å². The Morgan fingerprint density at radius 2 is 1.91 bits per heavy atom. The molecule has 1 aromatic carbocycles. The number of nitrogens with zero attached hydrogens (tertiary/aromatic N) is 1. The number of carbonyl (C=O) groups is 3. The zero-order valence-electron chi connectivity index (χ0n) is 19.3. The van der Waals surface area contributed by atoms with Crippen LogP contribution in [0.15, 0.2) is 48.8 Å². The van der Waals surface area contributed by atoms with Crippen LogP contribution in [-0.2, 0) is 14.3 Å². The molecule has 3 aromatic rings. The molecule has 2 heterocycles. The molecule has 0 bridgehead atoms. The molecule has 2 N–H and O–H groups in total. The maximum Gasteiger partial charge on any atom is 0.333 e. The second-order valence-corrected chi connectivity index (χ2v) is 8.31. The Balaban J connectivity index is 1.82. The fourth-order valence-electron chi connectivity index (χ4n) is 3.84. The molecule has 8 heteroatoms. The highest BCUT2D eigenvalue weighted by Gasteiger charge is 2.30. The van der Waals surface area contributed by atoms with Gasteiger partial charge in [-0.05, 0) is 36.6 Å². The first-order valence-corrected chi connectivity index (χ1v) is 10.8. The van der Waals surface area contributed by atoms with E-state index in [1.165, 1.54) is 13.3 Å². The quantitative estimate of drug-likeness (QED) is 0.358. The summed E-state index contributed by atoms with van der Waals surface area (Å²) in [5.74, 6) is -0.957. The number of rotatable bonds is 10. The van der Waals surface area contributed by atoms with E-state index in [-0.39, 0.29) is 24.0 Å². The van der Waals surface area contributed by atoms with Crippen LogP contribution >= 0.6 is 0 Å². The van der Waals surface area contributed by atoms with Gasteiger partial charge in [0.2, 0.25) is 5.91 Å². The average molecular weight is 452 g/mol. The fraction of sp³-hybridized carbons (Fsp3) is 0.360. The molecule has 2 aromatic heterocycles. The summed E-state index contributed by atoms with van der Waals surface area (Å²) in [7, 11) is 2.84. The Morgan fingerprint density at radius 3 is 2.55 bits per heavy atom. The van der Waals surface area contributed by atoms with Crippen LogP contribution in [0.2, 0.25) is 0 Å². The van der Waals surface area contributed by atoms with Crippen molar-refractivity contribution in [1.29, 1.82) is 0 Å². The Labute approximate surface area is 192 Å². The van der Waals surface area contributed by atoms with Crippen molar-refractivity contribution in [3.63, 3.8) is 0 Å². The second kappa shape index (κ2) is 10.8. The summed E-state index contributed by atoms with van der Waals surface area (Å²) in [6.45, 7) is 3.97. The van der Waals surface area contributed by atoms with Gasteiger partial charge in [0, 0.05) is 41.2 Å². The largest absolute Gasteiger partial charge is 0.496 e. The smallest absolute Gasteiger partial charge is 0.333 e. The highest BCUT2D eigenvalue weighted by Crippen LogP contribution is 2.28. The van der Waals surface area contributed by atoms with Gasteiger partial charge in [-0.25, -0.2) is 4.79 Å². The first-order valence-electron chi connectivity index (χ1n) is 10.8. The summed E-state index contributed by atoms with van der Waals surface area (Å²) in [4.78, 5) is 45.8. The average Bonchev–Trinajstić information content (AvgIpc) is 3.26. The minimum Gasteiger partial charge on any atom is -0.496 e. The summed E-state index contributed by atoms with van der Waals surface area (Å²) in [5, 5.41) is 3.56. The molecule has 0 aliphatic carbocycles. The highest BCUT2D eigenvalue weighted by molar-refractivity contribution is 6.02. The number of H-pyrrole nitrogens is 1. The Kier molecular flexibility index (Phi) is 7.82. The number of amides is 1. The molecular weight excluding hydrogens is 422 g/mol. The number of methoxy groups -OCH3 is 2. The number of pyridine rings is 1. The number of carbonyl (C=O) groups excluding carboxylic acids is 3. The first-order chi connectivity index (χ1) is 15.8. The lowest BCUT2D eigenvalue weighted by Gasteiger charge is -2.22. The number of ketones is 1. The number of benzene rings is 1. The number of aromatic nitrogens is 2. The van der Waals surface area contributed by atoms with Gasteiger partial charge >= 0.3 is 5.97 Å². The van der Waals surface area contributed by atoms with Gasteiger partial charge in [0.25, 0.3) is 0 Å². The lowest BCUT2D eigenvalue weighted by molar-refractivity contribution is -0.145. The number of aromatic amines is 1. The van der Waals surface area contributed by atoms with Crippen molar-refractivity contribution in [3.05, 3.63) is 60.0 Å². The monoisotopic (exact) mass is 451 g/mol. The van der Waals surface area contributed by atoms with Crippen LogP contribution in [-0.4, -0.2) is 41.8 Å². The van der Waals surface area contributed by atoms with E-state index in [9.17, 15) is 14.4 Å². The summed E-state index contributed by atoms with van der Waals surface area (Å²) >= 11 is 0. The van der Waals surface area contributed by atoms with Crippen LogP contribution in [0.25, 0.3) is 10.9 Å². The minimum absolute atomic E-state index is 0.0000824. The number of ether oxygens (including phenoxy) is 2. The molecule has 0 aliphatic rings. The van der Waals surface area contributed by atoms with Gasteiger partial charge in [-0.3, -0.25) is 14.6 Å². The number of fused-ring (bicyclic) bond motifs is 1. The Hall–Kier alpha value is -3.68. The fourth-order valence-corrected chi connectivity index (χ4v) is 3.84. The SMILES string of the molecule is COC(=O)C(NC(=O)[C@@H](CC(=O)c1cc2c(OC)cccc2[nH]1)CC(C)C)c1cccnc1. The topological polar surface area (TPSA) is 110 Å². The van der Waals surface area contributed by atoms with Gasteiger partial charge in [0.05, 0.1) is 19.9 Å². The molecular formula is C25H29N3O5. The molecule has 1 amide bonds. The maximum atomic E-state index is 13.2. The molecule has 8 nitrogen and oxygen atoms in total. The van der Waals surface area contributed by atoms with E-state index in [1.807, 2.05) is 32.0 Å². The Bertz CT molecular complexity index is 1120. The molecule has 3 rings (SSSR count). The van der Waals surface area contributed by atoms with Crippen molar-refractivity contribution >= 4 is 28.6 Å². The van der Waals surface area contributed by atoms with Crippen LogP contribution in [0.1, 0.15) is 48.8 Å². The zero-order chi connectivity index (χ0) is 24.0. The predicted molar refractivity (Wildman–Crippen MR) is 124 cm³/mol. The molecule has 1 unspecified atom stereocenters. The number of hydrogen-bond donors (Lipinski definition) is 2. The van der Waals surface area contributed by atoms with Gasteiger partial charge in [0.15, 0.2) is 11.8 Å². The third kappa shape index (κ3) is 5.77. The molecule has 0 fully saturated rings. The maximum absolute atomic E-state index is 13.2. The van der Waals surface area contributed by atoms with E-state index in [2.05, 4.69) is 15.3 Å². The lowest BCUT2D eigenvalue weighted by atomic mass is 9.90. The summed E-state index contributed by atoms with van der Waals surface area (Å²) in [6.07, 6.45) is 3.57. The van der Waals surface area contributed by atoms with Gasteiger partial charge < -0.3 is 19.8 Å². The van der Waals surface area contributed by atoms with Crippen molar-refractivity contribution in [3.8, 4) is 5.75 Å². The second-order valence-electron chi connectivity index (χ2n) is 8.31. The molecule has 0 saturated heterocycles. The van der Waals surface area contributed by atoms with Crippen molar-refractivity contribution in [2.75, 3.05) is 14.2 Å². The normalized spacial score (nSPS) is 12.9. The molecule has 2 atom stereocenters. The third-order valence-corrected chi connectivity index (χ3v) is 5.44. The molecule has 0 radical (unpaired) electrons. The third-order valence-electron chi connectivity index (χ3n) is 5.44. The van der Waals surface area contributed by atoms with Crippen molar-refractivity contribution in [2.45, 2.75) is 32.7 Å². The summed E-state index contributed by atoms with van der Waals surface area (Å²) in [5.41, 5.74) is 1.70. The predicted octanol–water partition coefficient (Wildman–Crippen LogP) is 3.84. The lowest BCUT2D eigenvalue weighted by Crippen LogP contribution is -2.39. The van der Waals surface area contributed by atoms with Gasteiger partial charge in [-0.1, -0.05) is 26.0 Å². The molecule has 0 aliphatic heterocycles. The number of hydrogen-bond acceptors (Lipinski definition) is 6. The van der Waals surface area contributed by atoms with Crippen LogP contribution in [0.5, 0.6) is 5.75 Å². The first kappa shape index (κ1) is 24.0. The van der Waals surface area contributed by atoms with E-state index in [4.69, 9.17) is 9.47 Å². The van der Waals surface area contributed by atoms with E-state index in [0.717, 1.165) is 10.9 Å². The highest BCUT2D eigenvalue weighted by atomic mass is 16.5. The summed E-state index contributed by atoms with van der Waals surface area (Å²) < 4.78 is 10.2. The summed E-state index contributed by atoms with van der Waals surface area (Å²) in [6, 6.07) is 9.64. The van der Waals surface area contributed by atoms with E-state index in [0.29, 0.717) is 23.4 Å². The number of Topliss-reactive ketones (excluding diaryl/α,β-unsaturated/α-hetero) is 1.